The van der Waals surface area contributed by atoms with Crippen LogP contribution in [0, 0.1) is 0 Å². The first-order valence-corrected chi connectivity index (χ1v) is 10.5. The van der Waals surface area contributed by atoms with Crippen molar-refractivity contribution < 1.29 is 14.3 Å². The molecular formula is C22H32N4O3. The fraction of sp³-hybridized carbons (Fsp3) is 0.545. The molecule has 0 aromatic heterocycles. The standard InChI is InChI=1S/C22H32N4O3/c1-4-29-21(27)19-18(14-26-12-10-17(11-13-26)23-15(2)3)24-22(28)25-20(19)16-8-6-5-7-9-16/h5-9,15,17,20,23H,4,10-14H2,1-3H3,(H2,24,25,28). The molecule has 1 aromatic rings. The van der Waals surface area contributed by atoms with Crippen molar-refractivity contribution in [3.63, 3.8) is 0 Å². The molecule has 0 radical (unpaired) electrons. The normalized spacial score (nSPS) is 21.1. The zero-order valence-corrected chi connectivity index (χ0v) is 17.5. The average molecular weight is 401 g/mol. The molecule has 0 aliphatic carbocycles. The van der Waals surface area contributed by atoms with Gasteiger partial charge in [0, 0.05) is 37.4 Å². The third-order valence-electron chi connectivity index (χ3n) is 5.32. The third kappa shape index (κ3) is 5.58. The van der Waals surface area contributed by atoms with Crippen LogP contribution in [-0.2, 0) is 9.53 Å². The van der Waals surface area contributed by atoms with Gasteiger partial charge in [0.1, 0.15) is 0 Å². The number of likely N-dealkylation sites (tertiary alicyclic amines) is 1. The summed E-state index contributed by atoms with van der Waals surface area (Å²) < 4.78 is 5.33. The average Bonchev–Trinajstić information content (AvgIpc) is 2.69. The topological polar surface area (TPSA) is 82.7 Å². The predicted molar refractivity (Wildman–Crippen MR) is 112 cm³/mol. The maximum Gasteiger partial charge on any atom is 0.338 e. The van der Waals surface area contributed by atoms with E-state index in [0.29, 0.717) is 29.9 Å². The Bertz CT molecular complexity index is 740. The number of carbonyl (C=O) groups is 2. The largest absolute Gasteiger partial charge is 0.463 e. The number of piperidine rings is 1. The van der Waals surface area contributed by atoms with Gasteiger partial charge < -0.3 is 20.7 Å². The highest BCUT2D eigenvalue weighted by Gasteiger charge is 2.34. The Kier molecular flexibility index (Phi) is 7.28. The SMILES string of the molecule is CCOC(=O)C1=C(CN2CCC(NC(C)C)CC2)NC(=O)NC1c1ccccc1. The van der Waals surface area contributed by atoms with Crippen molar-refractivity contribution in [3.05, 3.63) is 47.2 Å². The van der Waals surface area contributed by atoms with Crippen LogP contribution < -0.4 is 16.0 Å². The van der Waals surface area contributed by atoms with Gasteiger partial charge in [-0.05, 0) is 25.3 Å². The molecule has 158 valence electrons. The predicted octanol–water partition coefficient (Wildman–Crippen LogP) is 2.32. The highest BCUT2D eigenvalue weighted by atomic mass is 16.5. The molecule has 3 N–H and O–H groups in total. The van der Waals surface area contributed by atoms with Crippen molar-refractivity contribution in [2.45, 2.75) is 51.7 Å². The van der Waals surface area contributed by atoms with Crippen molar-refractivity contribution in [2.75, 3.05) is 26.2 Å². The van der Waals surface area contributed by atoms with Gasteiger partial charge in [-0.15, -0.1) is 0 Å². The fourth-order valence-corrected chi connectivity index (χ4v) is 4.04. The molecule has 0 bridgehead atoms. The smallest absolute Gasteiger partial charge is 0.338 e. The minimum absolute atomic E-state index is 0.289. The summed E-state index contributed by atoms with van der Waals surface area (Å²) in [6.07, 6.45) is 2.10. The van der Waals surface area contributed by atoms with Crippen LogP contribution in [0.4, 0.5) is 4.79 Å². The first-order valence-electron chi connectivity index (χ1n) is 10.5. The zero-order chi connectivity index (χ0) is 20.8. The van der Waals surface area contributed by atoms with E-state index in [1.807, 2.05) is 30.3 Å². The molecular weight excluding hydrogens is 368 g/mol. The Morgan fingerprint density at radius 3 is 2.55 bits per heavy atom. The van der Waals surface area contributed by atoms with Gasteiger partial charge >= 0.3 is 12.0 Å². The lowest BCUT2D eigenvalue weighted by Gasteiger charge is -2.36. The van der Waals surface area contributed by atoms with E-state index in [2.05, 4.69) is 34.7 Å². The summed E-state index contributed by atoms with van der Waals surface area (Å²) in [5, 5.41) is 9.34. The third-order valence-corrected chi connectivity index (χ3v) is 5.32. The molecule has 0 saturated carbocycles. The summed E-state index contributed by atoms with van der Waals surface area (Å²) in [6.45, 7) is 8.77. The molecule has 1 unspecified atom stereocenters. The van der Waals surface area contributed by atoms with Crippen molar-refractivity contribution in [1.82, 2.24) is 20.9 Å². The van der Waals surface area contributed by atoms with Crippen LogP contribution >= 0.6 is 0 Å². The summed E-state index contributed by atoms with van der Waals surface area (Å²) in [4.78, 5) is 27.5. The maximum atomic E-state index is 12.8. The van der Waals surface area contributed by atoms with Crippen molar-refractivity contribution >= 4 is 12.0 Å². The quantitative estimate of drug-likeness (QED) is 0.612. The van der Waals surface area contributed by atoms with Crippen LogP contribution in [0.1, 0.15) is 45.2 Å². The number of rotatable bonds is 7. The number of urea groups is 1. The highest BCUT2D eigenvalue weighted by Crippen LogP contribution is 2.28. The molecule has 2 heterocycles. The molecule has 7 nitrogen and oxygen atoms in total. The number of nitrogens with zero attached hydrogens (tertiary/aromatic N) is 1. The van der Waals surface area contributed by atoms with Crippen LogP contribution in [0.2, 0.25) is 0 Å². The van der Waals surface area contributed by atoms with Gasteiger partial charge in [0.15, 0.2) is 0 Å². The number of hydrogen-bond acceptors (Lipinski definition) is 5. The monoisotopic (exact) mass is 400 g/mol. The first kappa shape index (κ1) is 21.3. The van der Waals surface area contributed by atoms with Crippen LogP contribution in [0.5, 0.6) is 0 Å². The number of carbonyl (C=O) groups excluding carboxylic acids is 2. The van der Waals surface area contributed by atoms with E-state index in [4.69, 9.17) is 4.74 Å². The second-order valence-corrected chi connectivity index (χ2v) is 7.93. The van der Waals surface area contributed by atoms with E-state index in [9.17, 15) is 9.59 Å². The summed E-state index contributed by atoms with van der Waals surface area (Å²) in [5.74, 6) is -0.389. The molecule has 7 heteroatoms. The minimum Gasteiger partial charge on any atom is -0.463 e. The number of hydrogen-bond donors (Lipinski definition) is 3. The number of esters is 1. The molecule has 1 saturated heterocycles. The van der Waals surface area contributed by atoms with Crippen LogP contribution in [0.25, 0.3) is 0 Å². The molecule has 2 aliphatic rings. The minimum atomic E-state index is -0.515. The number of amides is 2. The van der Waals surface area contributed by atoms with Gasteiger partial charge in [-0.2, -0.15) is 0 Å². The lowest BCUT2D eigenvalue weighted by molar-refractivity contribution is -0.139. The summed E-state index contributed by atoms with van der Waals surface area (Å²) >= 11 is 0. The van der Waals surface area contributed by atoms with E-state index in [1.54, 1.807) is 6.92 Å². The maximum absolute atomic E-state index is 12.8. The van der Waals surface area contributed by atoms with Crippen molar-refractivity contribution in [3.8, 4) is 0 Å². The molecule has 1 fully saturated rings. The van der Waals surface area contributed by atoms with E-state index in [-0.39, 0.29) is 18.6 Å². The van der Waals surface area contributed by atoms with Gasteiger partial charge in [-0.25, -0.2) is 9.59 Å². The highest BCUT2D eigenvalue weighted by molar-refractivity contribution is 5.95. The zero-order valence-electron chi connectivity index (χ0n) is 17.5. The number of benzene rings is 1. The summed E-state index contributed by atoms with van der Waals surface area (Å²) in [7, 11) is 0. The molecule has 0 spiro atoms. The van der Waals surface area contributed by atoms with Gasteiger partial charge in [0.25, 0.3) is 0 Å². The molecule has 2 amide bonds. The van der Waals surface area contributed by atoms with Crippen molar-refractivity contribution in [2.24, 2.45) is 0 Å². The summed E-state index contributed by atoms with van der Waals surface area (Å²) in [6, 6.07) is 9.72. The van der Waals surface area contributed by atoms with Gasteiger partial charge in [0.2, 0.25) is 0 Å². The molecule has 3 rings (SSSR count). The van der Waals surface area contributed by atoms with Crippen LogP contribution in [-0.4, -0.2) is 55.2 Å². The summed E-state index contributed by atoms with van der Waals surface area (Å²) in [5.41, 5.74) is 1.99. The molecule has 2 aliphatic heterocycles. The Morgan fingerprint density at radius 1 is 1.24 bits per heavy atom. The Balaban J connectivity index is 1.82. The van der Waals surface area contributed by atoms with Gasteiger partial charge in [0.05, 0.1) is 18.2 Å². The Morgan fingerprint density at radius 2 is 1.93 bits per heavy atom. The van der Waals surface area contributed by atoms with E-state index >= 15 is 0 Å². The van der Waals surface area contributed by atoms with E-state index in [0.717, 1.165) is 31.5 Å². The van der Waals surface area contributed by atoms with Gasteiger partial charge in [-0.3, -0.25) is 4.90 Å². The van der Waals surface area contributed by atoms with Crippen molar-refractivity contribution in [1.29, 1.82) is 0 Å². The van der Waals surface area contributed by atoms with Gasteiger partial charge in [-0.1, -0.05) is 44.2 Å². The van der Waals surface area contributed by atoms with E-state index in [1.165, 1.54) is 0 Å². The fourth-order valence-electron chi connectivity index (χ4n) is 4.04. The van der Waals surface area contributed by atoms with Crippen LogP contribution in [0.3, 0.4) is 0 Å². The first-order chi connectivity index (χ1) is 14.0. The lowest BCUT2D eigenvalue weighted by atomic mass is 9.94. The Hall–Kier alpha value is -2.38. The van der Waals surface area contributed by atoms with Crippen LogP contribution in [0.15, 0.2) is 41.6 Å². The molecule has 1 aromatic carbocycles. The second-order valence-electron chi connectivity index (χ2n) is 7.93. The second kappa shape index (κ2) is 9.89. The molecule has 1 atom stereocenters. The number of ether oxygens (including phenoxy) is 1. The number of nitrogens with one attached hydrogen (secondary N) is 3. The Labute approximate surface area is 172 Å². The lowest BCUT2D eigenvalue weighted by Crippen LogP contribution is -2.50. The molecule has 29 heavy (non-hydrogen) atoms. The van der Waals surface area contributed by atoms with E-state index < -0.39 is 6.04 Å².